The molecule has 0 fully saturated rings. The van der Waals surface area contributed by atoms with Gasteiger partial charge < -0.3 is 5.11 Å². The SMILES string of the molecule is Cc1ccc(S(=O)(=O)Nc2ccc(-c3ccc(Cl)cc3)nc2)cc1C(=O)O. The fourth-order valence-electron chi connectivity index (χ4n) is 2.46. The Morgan fingerprint density at radius 3 is 2.37 bits per heavy atom. The molecule has 0 bridgehead atoms. The maximum atomic E-state index is 12.5. The summed E-state index contributed by atoms with van der Waals surface area (Å²) in [5.74, 6) is -1.18. The van der Waals surface area contributed by atoms with E-state index in [1.807, 2.05) is 12.1 Å². The van der Waals surface area contributed by atoms with Gasteiger partial charge in [0.05, 0.1) is 28.0 Å². The number of carbonyl (C=O) groups is 1. The number of hydrogen-bond donors (Lipinski definition) is 2. The maximum absolute atomic E-state index is 12.5. The van der Waals surface area contributed by atoms with Crippen molar-refractivity contribution in [1.29, 1.82) is 0 Å². The zero-order valence-electron chi connectivity index (χ0n) is 14.2. The van der Waals surface area contributed by atoms with Gasteiger partial charge in [0, 0.05) is 10.6 Å². The quantitative estimate of drug-likeness (QED) is 0.666. The van der Waals surface area contributed by atoms with Crippen LogP contribution in [0.25, 0.3) is 11.3 Å². The molecule has 0 amide bonds. The number of anilines is 1. The van der Waals surface area contributed by atoms with Crippen LogP contribution in [0.1, 0.15) is 15.9 Å². The Labute approximate surface area is 161 Å². The Bertz CT molecular complexity index is 1100. The molecule has 0 aliphatic heterocycles. The van der Waals surface area contributed by atoms with Gasteiger partial charge in [0.1, 0.15) is 0 Å². The van der Waals surface area contributed by atoms with Crippen molar-refractivity contribution < 1.29 is 18.3 Å². The van der Waals surface area contributed by atoms with Crippen LogP contribution in [0.5, 0.6) is 0 Å². The Hall–Kier alpha value is -2.90. The standard InChI is InChI=1S/C19H15ClN2O4S/c1-12-2-8-16(10-17(12)19(23)24)27(25,26)22-15-7-9-18(21-11-15)13-3-5-14(20)6-4-13/h2-11,22H,1H3,(H,23,24). The highest BCUT2D eigenvalue weighted by Crippen LogP contribution is 2.23. The lowest BCUT2D eigenvalue weighted by molar-refractivity contribution is 0.0696. The van der Waals surface area contributed by atoms with Gasteiger partial charge in [-0.05, 0) is 48.9 Å². The number of carboxylic acids is 1. The van der Waals surface area contributed by atoms with E-state index < -0.39 is 16.0 Å². The summed E-state index contributed by atoms with van der Waals surface area (Å²) in [5, 5.41) is 9.78. The summed E-state index contributed by atoms with van der Waals surface area (Å²) in [6.07, 6.45) is 1.40. The molecule has 0 unspecified atom stereocenters. The number of aromatic carboxylic acids is 1. The van der Waals surface area contributed by atoms with Crippen molar-refractivity contribution in [3.8, 4) is 11.3 Å². The molecule has 27 heavy (non-hydrogen) atoms. The Kier molecular flexibility index (Phi) is 5.16. The van der Waals surface area contributed by atoms with Crippen LogP contribution < -0.4 is 4.72 Å². The molecule has 0 saturated carbocycles. The average Bonchev–Trinajstić information content (AvgIpc) is 2.63. The first-order valence-corrected chi connectivity index (χ1v) is 9.71. The van der Waals surface area contributed by atoms with Gasteiger partial charge in [0.25, 0.3) is 10.0 Å². The molecular formula is C19H15ClN2O4S. The third-order valence-corrected chi connectivity index (χ3v) is 5.54. The highest BCUT2D eigenvalue weighted by Gasteiger charge is 2.18. The van der Waals surface area contributed by atoms with Crippen LogP contribution in [0.4, 0.5) is 5.69 Å². The lowest BCUT2D eigenvalue weighted by Gasteiger charge is -2.10. The molecule has 0 atom stereocenters. The molecular weight excluding hydrogens is 388 g/mol. The number of sulfonamides is 1. The molecule has 2 N–H and O–H groups in total. The molecule has 0 radical (unpaired) electrons. The van der Waals surface area contributed by atoms with Crippen LogP contribution in [0.3, 0.4) is 0 Å². The third-order valence-electron chi connectivity index (χ3n) is 3.91. The number of halogens is 1. The highest BCUT2D eigenvalue weighted by atomic mass is 35.5. The summed E-state index contributed by atoms with van der Waals surface area (Å²) in [7, 11) is -3.94. The summed E-state index contributed by atoms with van der Waals surface area (Å²) >= 11 is 5.86. The zero-order valence-corrected chi connectivity index (χ0v) is 15.8. The normalized spacial score (nSPS) is 11.2. The van der Waals surface area contributed by atoms with Gasteiger partial charge in [0.2, 0.25) is 0 Å². The largest absolute Gasteiger partial charge is 0.478 e. The van der Waals surface area contributed by atoms with Crippen LogP contribution in [0, 0.1) is 6.92 Å². The molecule has 3 rings (SSSR count). The van der Waals surface area contributed by atoms with Crippen molar-refractivity contribution >= 4 is 33.3 Å². The minimum atomic E-state index is -3.94. The van der Waals surface area contributed by atoms with E-state index in [-0.39, 0.29) is 16.1 Å². The summed E-state index contributed by atoms with van der Waals surface area (Å²) < 4.78 is 27.5. The van der Waals surface area contributed by atoms with Crippen LogP contribution in [0.2, 0.25) is 5.02 Å². The fraction of sp³-hybridized carbons (Fsp3) is 0.0526. The molecule has 6 nitrogen and oxygen atoms in total. The van der Waals surface area contributed by atoms with Gasteiger partial charge in [-0.25, -0.2) is 13.2 Å². The molecule has 2 aromatic carbocycles. The number of aromatic nitrogens is 1. The lowest BCUT2D eigenvalue weighted by Crippen LogP contribution is -2.14. The Morgan fingerprint density at radius 1 is 1.07 bits per heavy atom. The zero-order chi connectivity index (χ0) is 19.6. The number of hydrogen-bond acceptors (Lipinski definition) is 4. The molecule has 138 valence electrons. The summed E-state index contributed by atoms with van der Waals surface area (Å²) in [6.45, 7) is 1.60. The number of pyridine rings is 1. The predicted molar refractivity (Wildman–Crippen MR) is 104 cm³/mol. The van der Waals surface area contributed by atoms with Crippen LogP contribution in [-0.4, -0.2) is 24.5 Å². The molecule has 1 aromatic heterocycles. The molecule has 0 aliphatic rings. The molecule has 0 spiro atoms. The molecule has 0 aliphatic carbocycles. The van der Waals surface area contributed by atoms with Crippen molar-refractivity contribution in [2.75, 3.05) is 4.72 Å². The van der Waals surface area contributed by atoms with E-state index in [9.17, 15) is 13.2 Å². The van der Waals surface area contributed by atoms with E-state index in [4.69, 9.17) is 16.7 Å². The van der Waals surface area contributed by atoms with Crippen LogP contribution >= 0.6 is 11.6 Å². The predicted octanol–water partition coefficient (Wildman–Crippen LogP) is 4.21. The van der Waals surface area contributed by atoms with E-state index in [1.54, 1.807) is 31.2 Å². The second kappa shape index (κ2) is 7.38. The van der Waals surface area contributed by atoms with Gasteiger partial charge >= 0.3 is 5.97 Å². The monoisotopic (exact) mass is 402 g/mol. The first kappa shape index (κ1) is 18.9. The maximum Gasteiger partial charge on any atom is 0.335 e. The van der Waals surface area contributed by atoms with Crippen LogP contribution in [0.15, 0.2) is 65.7 Å². The van der Waals surface area contributed by atoms with Crippen molar-refractivity contribution in [3.63, 3.8) is 0 Å². The van der Waals surface area contributed by atoms with E-state index in [2.05, 4.69) is 9.71 Å². The molecule has 0 saturated heterocycles. The number of carboxylic acid groups (broad SMARTS) is 1. The van der Waals surface area contributed by atoms with Gasteiger partial charge in [-0.15, -0.1) is 0 Å². The van der Waals surface area contributed by atoms with E-state index in [0.717, 1.165) is 11.6 Å². The van der Waals surface area contributed by atoms with Crippen molar-refractivity contribution in [3.05, 3.63) is 76.9 Å². The van der Waals surface area contributed by atoms with Crippen LogP contribution in [-0.2, 0) is 10.0 Å². The number of rotatable bonds is 5. The highest BCUT2D eigenvalue weighted by molar-refractivity contribution is 7.92. The van der Waals surface area contributed by atoms with Crippen molar-refractivity contribution in [2.45, 2.75) is 11.8 Å². The Morgan fingerprint density at radius 2 is 1.78 bits per heavy atom. The van der Waals surface area contributed by atoms with Gasteiger partial charge in [-0.3, -0.25) is 9.71 Å². The second-order valence-corrected chi connectivity index (χ2v) is 7.95. The van der Waals surface area contributed by atoms with Gasteiger partial charge in [0.15, 0.2) is 0 Å². The van der Waals surface area contributed by atoms with E-state index in [1.165, 1.54) is 18.3 Å². The topological polar surface area (TPSA) is 96.4 Å². The van der Waals surface area contributed by atoms with Crippen molar-refractivity contribution in [2.24, 2.45) is 0 Å². The first-order chi connectivity index (χ1) is 12.8. The Balaban J connectivity index is 1.85. The number of aryl methyl sites for hydroxylation is 1. The molecule has 3 aromatic rings. The number of nitrogens with one attached hydrogen (secondary N) is 1. The lowest BCUT2D eigenvalue weighted by atomic mass is 10.1. The average molecular weight is 403 g/mol. The summed E-state index contributed by atoms with van der Waals surface area (Å²) in [5.41, 5.74) is 2.20. The number of nitrogens with zero attached hydrogens (tertiary/aromatic N) is 1. The van der Waals surface area contributed by atoms with Crippen molar-refractivity contribution in [1.82, 2.24) is 4.98 Å². The summed E-state index contributed by atoms with van der Waals surface area (Å²) in [6, 6.07) is 14.3. The molecule has 8 heteroatoms. The van der Waals surface area contributed by atoms with Gasteiger partial charge in [-0.2, -0.15) is 0 Å². The minimum absolute atomic E-state index is 0.0610. The van der Waals surface area contributed by atoms with Gasteiger partial charge in [-0.1, -0.05) is 29.8 Å². The van der Waals surface area contributed by atoms with E-state index in [0.29, 0.717) is 16.3 Å². The third kappa shape index (κ3) is 4.27. The second-order valence-electron chi connectivity index (χ2n) is 5.83. The molecule has 1 heterocycles. The summed E-state index contributed by atoms with van der Waals surface area (Å²) in [4.78, 5) is 15.3. The minimum Gasteiger partial charge on any atom is -0.478 e. The fourth-order valence-corrected chi connectivity index (χ4v) is 3.65. The number of benzene rings is 2. The van der Waals surface area contributed by atoms with E-state index >= 15 is 0 Å². The smallest absolute Gasteiger partial charge is 0.335 e. The first-order valence-electron chi connectivity index (χ1n) is 7.85.